The van der Waals surface area contributed by atoms with Gasteiger partial charge in [0.15, 0.2) is 0 Å². The lowest BCUT2D eigenvalue weighted by molar-refractivity contribution is 0.0696. The predicted octanol–water partition coefficient (Wildman–Crippen LogP) is 0.0992. The molecule has 0 aromatic heterocycles. The summed E-state index contributed by atoms with van der Waals surface area (Å²) in [6.07, 6.45) is 0.468. The van der Waals surface area contributed by atoms with E-state index in [0.717, 1.165) is 6.07 Å². The van der Waals surface area contributed by atoms with E-state index in [1.54, 1.807) is 11.8 Å². The first-order chi connectivity index (χ1) is 7.42. The smallest absolute Gasteiger partial charge is 0.335 e. The Hall–Kier alpha value is -1.44. The van der Waals surface area contributed by atoms with Crippen molar-refractivity contribution in [2.75, 3.05) is 0 Å². The van der Waals surface area contributed by atoms with Gasteiger partial charge in [-0.3, -0.25) is 5.84 Å². The van der Waals surface area contributed by atoms with Crippen LogP contribution in [0.2, 0.25) is 0 Å². The van der Waals surface area contributed by atoms with Crippen LogP contribution >= 0.6 is 0 Å². The number of hydrazine groups is 1. The maximum Gasteiger partial charge on any atom is 0.335 e. The lowest BCUT2D eigenvalue weighted by Gasteiger charge is -2.08. The van der Waals surface area contributed by atoms with E-state index < -0.39 is 16.0 Å². The summed E-state index contributed by atoms with van der Waals surface area (Å²) < 4.78 is 23.1. The second-order valence-electron chi connectivity index (χ2n) is 3.10. The number of carboxylic acid groups (broad SMARTS) is 1. The lowest BCUT2D eigenvalue weighted by Crippen LogP contribution is -2.31. The molecule has 0 atom stereocenters. The number of rotatable bonds is 4. The molecule has 0 saturated heterocycles. The zero-order valence-corrected chi connectivity index (χ0v) is 9.41. The fourth-order valence-corrected chi connectivity index (χ4v) is 2.26. The summed E-state index contributed by atoms with van der Waals surface area (Å²) in [6.45, 7) is 1.77. The number of aryl methyl sites for hydroxylation is 1. The zero-order valence-electron chi connectivity index (χ0n) is 8.60. The Labute approximate surface area is 93.1 Å². The van der Waals surface area contributed by atoms with Crippen molar-refractivity contribution in [3.05, 3.63) is 29.3 Å². The fourth-order valence-electron chi connectivity index (χ4n) is 1.29. The first-order valence-electron chi connectivity index (χ1n) is 4.51. The van der Waals surface area contributed by atoms with Crippen molar-refractivity contribution in [2.24, 2.45) is 5.84 Å². The number of nitrogens with one attached hydrogen (secondary N) is 1. The molecule has 1 aromatic rings. The van der Waals surface area contributed by atoms with Crippen LogP contribution in [0.15, 0.2) is 23.1 Å². The van der Waals surface area contributed by atoms with Gasteiger partial charge in [0.25, 0.3) is 10.0 Å². The summed E-state index contributed by atoms with van der Waals surface area (Å²) in [4.78, 5) is 12.3. The molecule has 0 aliphatic rings. The van der Waals surface area contributed by atoms with Crippen molar-refractivity contribution in [1.29, 1.82) is 0 Å². The van der Waals surface area contributed by atoms with Crippen molar-refractivity contribution >= 4 is 16.0 Å². The van der Waals surface area contributed by atoms with Gasteiger partial charge < -0.3 is 5.11 Å². The van der Waals surface area contributed by atoms with Crippen molar-refractivity contribution in [1.82, 2.24) is 4.83 Å². The largest absolute Gasteiger partial charge is 0.478 e. The number of aromatic carboxylic acids is 1. The van der Waals surface area contributed by atoms with Gasteiger partial charge in [0.1, 0.15) is 0 Å². The molecule has 0 heterocycles. The molecule has 0 amide bonds. The monoisotopic (exact) mass is 244 g/mol. The molecule has 0 unspecified atom stereocenters. The summed E-state index contributed by atoms with van der Waals surface area (Å²) >= 11 is 0. The Balaban J connectivity index is 3.45. The van der Waals surface area contributed by atoms with Crippen molar-refractivity contribution in [3.63, 3.8) is 0 Å². The summed E-state index contributed by atoms with van der Waals surface area (Å²) in [7, 11) is -3.83. The summed E-state index contributed by atoms with van der Waals surface area (Å²) in [5, 5.41) is 8.76. The number of hydrogen-bond donors (Lipinski definition) is 3. The minimum absolute atomic E-state index is 0.0916. The second-order valence-corrected chi connectivity index (χ2v) is 4.78. The zero-order chi connectivity index (χ0) is 12.3. The van der Waals surface area contributed by atoms with E-state index in [9.17, 15) is 13.2 Å². The number of benzene rings is 1. The Bertz CT molecular complexity index is 510. The highest BCUT2D eigenvalue weighted by Gasteiger charge is 2.18. The molecule has 88 valence electrons. The van der Waals surface area contributed by atoms with E-state index in [1.165, 1.54) is 12.1 Å². The third-order valence-corrected chi connectivity index (χ3v) is 3.41. The molecular weight excluding hydrogens is 232 g/mol. The highest BCUT2D eigenvalue weighted by molar-refractivity contribution is 7.89. The number of sulfonamides is 1. The van der Waals surface area contributed by atoms with Crippen molar-refractivity contribution in [2.45, 2.75) is 18.2 Å². The highest BCUT2D eigenvalue weighted by atomic mass is 32.2. The summed E-state index contributed by atoms with van der Waals surface area (Å²) in [6, 6.07) is 3.92. The van der Waals surface area contributed by atoms with Gasteiger partial charge in [-0.25, -0.2) is 13.2 Å². The number of nitrogens with two attached hydrogens (primary N) is 1. The number of hydrogen-bond acceptors (Lipinski definition) is 4. The lowest BCUT2D eigenvalue weighted by atomic mass is 10.1. The van der Waals surface area contributed by atoms with Crippen LogP contribution in [0, 0.1) is 0 Å². The number of carbonyl (C=O) groups is 1. The van der Waals surface area contributed by atoms with E-state index in [-0.39, 0.29) is 10.5 Å². The van der Waals surface area contributed by atoms with Crippen molar-refractivity contribution < 1.29 is 18.3 Å². The minimum atomic E-state index is -3.83. The maximum atomic E-state index is 11.5. The molecule has 0 fully saturated rings. The van der Waals surface area contributed by atoms with E-state index in [4.69, 9.17) is 10.9 Å². The van der Waals surface area contributed by atoms with Gasteiger partial charge in [-0.2, -0.15) is 4.83 Å². The van der Waals surface area contributed by atoms with Crippen LogP contribution < -0.4 is 10.7 Å². The average molecular weight is 244 g/mol. The standard InChI is InChI=1S/C9H12N2O4S/c1-2-6-3-4-7(9(12)13)5-8(6)16(14,15)11-10/h3-5,11H,2,10H2,1H3,(H,12,13). The van der Waals surface area contributed by atoms with Crippen LogP contribution in [0.3, 0.4) is 0 Å². The molecule has 0 radical (unpaired) electrons. The van der Waals surface area contributed by atoms with E-state index >= 15 is 0 Å². The predicted molar refractivity (Wildman–Crippen MR) is 57.3 cm³/mol. The molecule has 6 nitrogen and oxygen atoms in total. The Morgan fingerprint density at radius 3 is 2.56 bits per heavy atom. The van der Waals surface area contributed by atoms with Crippen LogP contribution in [0.25, 0.3) is 0 Å². The first-order valence-corrected chi connectivity index (χ1v) is 5.99. The second kappa shape index (κ2) is 4.60. The summed E-state index contributed by atoms with van der Waals surface area (Å²) in [5.74, 6) is 3.72. The summed E-state index contributed by atoms with van der Waals surface area (Å²) in [5.41, 5.74) is 0.425. The minimum Gasteiger partial charge on any atom is -0.478 e. The number of carboxylic acids is 1. The van der Waals surface area contributed by atoms with Gasteiger partial charge in [0.2, 0.25) is 0 Å². The molecule has 1 rings (SSSR count). The Morgan fingerprint density at radius 2 is 2.12 bits per heavy atom. The average Bonchev–Trinajstić information content (AvgIpc) is 2.28. The third-order valence-electron chi connectivity index (χ3n) is 2.14. The Morgan fingerprint density at radius 1 is 1.50 bits per heavy atom. The van der Waals surface area contributed by atoms with E-state index in [1.807, 2.05) is 0 Å². The third kappa shape index (κ3) is 2.38. The molecule has 4 N–H and O–H groups in total. The van der Waals surface area contributed by atoms with Crippen LogP contribution in [-0.4, -0.2) is 19.5 Å². The molecular formula is C9H12N2O4S. The van der Waals surface area contributed by atoms with Crippen LogP contribution in [0.1, 0.15) is 22.8 Å². The molecule has 7 heteroatoms. The quantitative estimate of drug-likeness (QED) is 0.514. The van der Waals surface area contributed by atoms with Gasteiger partial charge in [0.05, 0.1) is 10.5 Å². The molecule has 0 spiro atoms. The van der Waals surface area contributed by atoms with E-state index in [0.29, 0.717) is 12.0 Å². The van der Waals surface area contributed by atoms with Crippen LogP contribution in [0.5, 0.6) is 0 Å². The molecule has 0 aliphatic heterocycles. The molecule has 0 aliphatic carbocycles. The SMILES string of the molecule is CCc1ccc(C(=O)O)cc1S(=O)(=O)NN. The highest BCUT2D eigenvalue weighted by Crippen LogP contribution is 2.18. The van der Waals surface area contributed by atoms with Crippen molar-refractivity contribution in [3.8, 4) is 0 Å². The fraction of sp³-hybridized carbons (Fsp3) is 0.222. The normalized spacial score (nSPS) is 11.4. The van der Waals surface area contributed by atoms with Gasteiger partial charge in [-0.05, 0) is 24.1 Å². The Kier molecular flexibility index (Phi) is 3.63. The maximum absolute atomic E-state index is 11.5. The van der Waals surface area contributed by atoms with E-state index in [2.05, 4.69) is 0 Å². The molecule has 0 saturated carbocycles. The van der Waals surface area contributed by atoms with Gasteiger partial charge in [0, 0.05) is 0 Å². The molecule has 1 aromatic carbocycles. The van der Waals surface area contributed by atoms with Gasteiger partial charge in [-0.15, -0.1) is 0 Å². The first kappa shape index (κ1) is 12.6. The molecule has 0 bridgehead atoms. The van der Waals surface area contributed by atoms with Crippen LogP contribution in [0.4, 0.5) is 0 Å². The molecule has 16 heavy (non-hydrogen) atoms. The topological polar surface area (TPSA) is 109 Å². The van der Waals surface area contributed by atoms with Gasteiger partial charge >= 0.3 is 5.97 Å². The van der Waals surface area contributed by atoms with Crippen LogP contribution in [-0.2, 0) is 16.4 Å². The van der Waals surface area contributed by atoms with Gasteiger partial charge in [-0.1, -0.05) is 13.0 Å².